The van der Waals surface area contributed by atoms with E-state index in [-0.39, 0.29) is 23.7 Å². The number of hydrogen-bond acceptors (Lipinski definition) is 3. The van der Waals surface area contributed by atoms with E-state index in [1.807, 2.05) is 19.1 Å². The fourth-order valence-corrected chi connectivity index (χ4v) is 4.23. The van der Waals surface area contributed by atoms with E-state index in [9.17, 15) is 14.0 Å². The molecule has 4 rings (SSSR count). The monoisotopic (exact) mass is 344 g/mol. The first-order valence-electron chi connectivity index (χ1n) is 7.95. The van der Waals surface area contributed by atoms with Crippen LogP contribution in [0.4, 0.5) is 4.39 Å². The molecular formula is C18H17FN2O2S. The topological polar surface area (TPSA) is 49.4 Å². The zero-order valence-corrected chi connectivity index (χ0v) is 14.0. The molecule has 1 aromatic heterocycles. The zero-order chi connectivity index (χ0) is 16.8. The van der Waals surface area contributed by atoms with E-state index < -0.39 is 0 Å². The van der Waals surface area contributed by atoms with Gasteiger partial charge in [-0.3, -0.25) is 9.59 Å². The second-order valence-electron chi connectivity index (χ2n) is 6.45. The molecule has 2 aromatic rings. The van der Waals surface area contributed by atoms with Crippen LogP contribution in [-0.2, 0) is 0 Å². The van der Waals surface area contributed by atoms with Crippen molar-refractivity contribution in [2.24, 2.45) is 11.8 Å². The Labute approximate surface area is 143 Å². The van der Waals surface area contributed by atoms with Gasteiger partial charge >= 0.3 is 0 Å². The smallest absolute Gasteiger partial charge is 0.261 e. The molecule has 24 heavy (non-hydrogen) atoms. The summed E-state index contributed by atoms with van der Waals surface area (Å²) in [6, 6.07) is 9.58. The predicted molar refractivity (Wildman–Crippen MR) is 89.6 cm³/mol. The molecular weight excluding hydrogens is 327 g/mol. The van der Waals surface area contributed by atoms with E-state index >= 15 is 0 Å². The highest BCUT2D eigenvalue weighted by molar-refractivity contribution is 7.13. The van der Waals surface area contributed by atoms with Gasteiger partial charge in [0.2, 0.25) is 0 Å². The van der Waals surface area contributed by atoms with Crippen LogP contribution in [0.1, 0.15) is 24.9 Å². The molecule has 2 heterocycles. The summed E-state index contributed by atoms with van der Waals surface area (Å²) in [6.07, 6.45) is 0. The Hall–Kier alpha value is -2.21. The quantitative estimate of drug-likeness (QED) is 0.931. The molecule has 1 unspecified atom stereocenters. The number of benzene rings is 1. The summed E-state index contributed by atoms with van der Waals surface area (Å²) in [6.45, 7) is 3.27. The van der Waals surface area contributed by atoms with Gasteiger partial charge in [0.15, 0.2) is 0 Å². The molecule has 0 bridgehead atoms. The fourth-order valence-electron chi connectivity index (χ4n) is 3.46. The number of thiophene rings is 1. The minimum atomic E-state index is -0.345. The van der Waals surface area contributed by atoms with Crippen LogP contribution in [0.25, 0.3) is 0 Å². The average molecular weight is 344 g/mol. The van der Waals surface area contributed by atoms with Gasteiger partial charge in [-0.25, -0.2) is 4.39 Å². The Kier molecular flexibility index (Phi) is 3.64. The Morgan fingerprint density at radius 3 is 2.38 bits per heavy atom. The van der Waals surface area contributed by atoms with Gasteiger partial charge in [0.1, 0.15) is 5.82 Å². The minimum absolute atomic E-state index is 0.0242. The molecule has 1 N–H and O–H groups in total. The first-order chi connectivity index (χ1) is 11.5. The number of halogens is 1. The van der Waals surface area contributed by atoms with E-state index in [2.05, 4.69) is 5.32 Å². The Bertz CT molecular complexity index is 790. The van der Waals surface area contributed by atoms with Crippen LogP contribution in [0.5, 0.6) is 0 Å². The summed E-state index contributed by atoms with van der Waals surface area (Å²) in [4.78, 5) is 28.2. The Balaban J connectivity index is 1.33. The number of piperidine rings is 1. The number of aryl methyl sites for hydroxylation is 1. The molecule has 2 fully saturated rings. The number of hydrogen-bond donors (Lipinski definition) is 1. The van der Waals surface area contributed by atoms with Gasteiger partial charge < -0.3 is 10.2 Å². The predicted octanol–water partition coefficient (Wildman–Crippen LogP) is 2.70. The van der Waals surface area contributed by atoms with Crippen molar-refractivity contribution >= 4 is 23.2 Å². The maximum absolute atomic E-state index is 12.9. The van der Waals surface area contributed by atoms with E-state index in [1.54, 1.807) is 4.90 Å². The van der Waals surface area contributed by atoms with Crippen molar-refractivity contribution in [3.05, 3.63) is 57.5 Å². The summed E-state index contributed by atoms with van der Waals surface area (Å²) in [5.41, 5.74) is 0.507. The normalized spacial score (nSPS) is 24.6. The molecule has 1 saturated heterocycles. The van der Waals surface area contributed by atoms with Crippen LogP contribution < -0.4 is 5.32 Å². The summed E-state index contributed by atoms with van der Waals surface area (Å²) < 4.78 is 12.9. The summed E-state index contributed by atoms with van der Waals surface area (Å²) in [7, 11) is 0. The first-order valence-corrected chi connectivity index (χ1v) is 8.77. The maximum Gasteiger partial charge on any atom is 0.261 e. The van der Waals surface area contributed by atoms with Crippen LogP contribution >= 0.6 is 11.3 Å². The molecule has 1 saturated carbocycles. The molecule has 124 valence electrons. The van der Waals surface area contributed by atoms with E-state index in [1.165, 1.54) is 35.6 Å². The standard InChI is InChI=1S/C18H17FN2O2S/c1-10-2-7-15(24-10)17(22)20-16-13-8-21(9-14(13)16)18(23)11-3-5-12(19)6-4-11/h2-7,13-14,16H,8-9H2,1H3,(H,20,22)/t13-,14+,16?. The van der Waals surface area contributed by atoms with Crippen molar-refractivity contribution in [1.82, 2.24) is 10.2 Å². The number of fused-ring (bicyclic) bond motifs is 1. The number of amides is 2. The molecule has 2 amide bonds. The fraction of sp³-hybridized carbons (Fsp3) is 0.333. The minimum Gasteiger partial charge on any atom is -0.348 e. The number of nitrogens with one attached hydrogen (secondary N) is 1. The van der Waals surface area contributed by atoms with Gasteiger partial charge in [0.25, 0.3) is 11.8 Å². The van der Waals surface area contributed by atoms with Gasteiger partial charge in [-0.2, -0.15) is 0 Å². The lowest BCUT2D eigenvalue weighted by Crippen LogP contribution is -2.37. The maximum atomic E-state index is 12.9. The van der Waals surface area contributed by atoms with Crippen LogP contribution in [-0.4, -0.2) is 35.8 Å². The third-order valence-corrected chi connectivity index (χ3v) is 5.83. The zero-order valence-electron chi connectivity index (χ0n) is 13.2. The number of likely N-dealkylation sites (tertiary alicyclic amines) is 1. The van der Waals surface area contributed by atoms with Crippen LogP contribution in [0.2, 0.25) is 0 Å². The SMILES string of the molecule is Cc1ccc(C(=O)NC2[C@H]3CN(C(=O)c4ccc(F)cc4)C[C@@H]23)s1. The summed E-state index contributed by atoms with van der Waals surface area (Å²) in [5, 5.41) is 3.08. The van der Waals surface area contributed by atoms with Crippen molar-refractivity contribution in [2.75, 3.05) is 13.1 Å². The van der Waals surface area contributed by atoms with Crippen molar-refractivity contribution < 1.29 is 14.0 Å². The highest BCUT2D eigenvalue weighted by Crippen LogP contribution is 2.46. The molecule has 1 aliphatic carbocycles. The molecule has 1 aromatic carbocycles. The van der Waals surface area contributed by atoms with E-state index in [0.717, 1.165) is 9.75 Å². The largest absolute Gasteiger partial charge is 0.348 e. The van der Waals surface area contributed by atoms with Gasteiger partial charge in [-0.15, -0.1) is 11.3 Å². The Morgan fingerprint density at radius 2 is 1.79 bits per heavy atom. The third kappa shape index (κ3) is 2.71. The average Bonchev–Trinajstić information content (AvgIpc) is 2.97. The highest BCUT2D eigenvalue weighted by atomic mass is 32.1. The van der Waals surface area contributed by atoms with Crippen LogP contribution in [0.15, 0.2) is 36.4 Å². The second-order valence-corrected chi connectivity index (χ2v) is 7.74. The molecule has 4 nitrogen and oxygen atoms in total. The third-order valence-electron chi connectivity index (χ3n) is 4.83. The lowest BCUT2D eigenvalue weighted by molar-refractivity contribution is 0.0769. The van der Waals surface area contributed by atoms with Crippen molar-refractivity contribution in [1.29, 1.82) is 0 Å². The Morgan fingerprint density at radius 1 is 1.12 bits per heavy atom. The summed E-state index contributed by atoms with van der Waals surface area (Å²) in [5.74, 6) is 0.228. The molecule has 0 radical (unpaired) electrons. The van der Waals surface area contributed by atoms with E-state index in [4.69, 9.17) is 0 Å². The van der Waals surface area contributed by atoms with Crippen molar-refractivity contribution in [3.63, 3.8) is 0 Å². The van der Waals surface area contributed by atoms with Gasteiger partial charge in [0, 0.05) is 41.4 Å². The summed E-state index contributed by atoms with van der Waals surface area (Å²) >= 11 is 1.49. The lowest BCUT2D eigenvalue weighted by atomic mass is 10.2. The van der Waals surface area contributed by atoms with Crippen LogP contribution in [0.3, 0.4) is 0 Å². The van der Waals surface area contributed by atoms with Gasteiger partial charge in [0.05, 0.1) is 4.88 Å². The lowest BCUT2D eigenvalue weighted by Gasteiger charge is -2.20. The molecule has 0 spiro atoms. The number of carbonyl (C=O) groups is 2. The molecule has 3 atom stereocenters. The van der Waals surface area contributed by atoms with Gasteiger partial charge in [-0.1, -0.05) is 0 Å². The van der Waals surface area contributed by atoms with E-state index in [0.29, 0.717) is 30.5 Å². The van der Waals surface area contributed by atoms with Crippen molar-refractivity contribution in [2.45, 2.75) is 13.0 Å². The van der Waals surface area contributed by atoms with Crippen LogP contribution in [0, 0.1) is 24.6 Å². The number of nitrogens with zero attached hydrogens (tertiary/aromatic N) is 1. The second kappa shape index (κ2) is 5.70. The number of rotatable bonds is 3. The number of carbonyl (C=O) groups excluding carboxylic acids is 2. The molecule has 6 heteroatoms. The van der Waals surface area contributed by atoms with Crippen molar-refractivity contribution in [3.8, 4) is 0 Å². The molecule has 1 aliphatic heterocycles. The highest BCUT2D eigenvalue weighted by Gasteiger charge is 2.57. The molecule has 2 aliphatic rings. The first kappa shape index (κ1) is 15.3. The van der Waals surface area contributed by atoms with Gasteiger partial charge in [-0.05, 0) is 43.3 Å².